The molecule has 1 fully saturated rings. The number of aromatic nitrogens is 3. The number of hydrogen-bond donors (Lipinski definition) is 1. The van der Waals surface area contributed by atoms with Crippen LogP contribution in [0.2, 0.25) is 0 Å². The Morgan fingerprint density at radius 1 is 0.966 bits per heavy atom. The van der Waals surface area contributed by atoms with Crippen LogP contribution in [0.1, 0.15) is 143 Å². The first-order valence-electron chi connectivity index (χ1n) is 21.2. The summed E-state index contributed by atoms with van der Waals surface area (Å²) < 4.78 is 5.72. The van der Waals surface area contributed by atoms with Gasteiger partial charge >= 0.3 is 29.0 Å². The first-order valence-corrected chi connectivity index (χ1v) is 21.2. The van der Waals surface area contributed by atoms with Gasteiger partial charge in [-0.1, -0.05) is 125 Å². The van der Waals surface area contributed by atoms with Crippen LogP contribution in [0.25, 0.3) is 41.5 Å². The number of aldehydes is 1. The van der Waals surface area contributed by atoms with Crippen LogP contribution in [-0.2, 0) is 20.7 Å². The average Bonchev–Trinajstić information content (AvgIpc) is 3.93. The number of aliphatic hydroxyl groups excluding tert-OH is 1. The Kier molecular flexibility index (Phi) is 15.4. The molecule has 1 saturated heterocycles. The molecule has 3 aliphatic rings. The first kappa shape index (κ1) is 45.8. The molecule has 1 unspecified atom stereocenters. The molecule has 5 heterocycles. The first-order chi connectivity index (χ1) is 27.8. The Morgan fingerprint density at radius 2 is 1.69 bits per heavy atom. The van der Waals surface area contributed by atoms with E-state index in [1.54, 1.807) is 6.08 Å². The van der Waals surface area contributed by atoms with E-state index < -0.39 is 12.0 Å². The summed E-state index contributed by atoms with van der Waals surface area (Å²) in [5.74, 6) is -0.463. The summed E-state index contributed by atoms with van der Waals surface area (Å²) in [6.45, 7) is 21.2. The zero-order valence-corrected chi connectivity index (χ0v) is 37.8. The number of nitrogens with zero attached hydrogens (tertiary/aromatic N) is 4. The van der Waals surface area contributed by atoms with Crippen molar-refractivity contribution in [3.05, 3.63) is 95.4 Å². The molecule has 310 valence electrons. The molecular formula is C49H60MgN4O5-2. The second-order valence-corrected chi connectivity index (χ2v) is 17.1. The molecule has 6 rings (SSSR count). The van der Waals surface area contributed by atoms with Crippen LogP contribution in [0.4, 0.5) is 0 Å². The van der Waals surface area contributed by atoms with E-state index in [1.807, 2.05) is 45.1 Å². The number of ketones is 1. The zero-order chi connectivity index (χ0) is 41.8. The van der Waals surface area contributed by atoms with Gasteiger partial charge in [-0.3, -0.25) is 9.59 Å². The Labute approximate surface area is 365 Å². The van der Waals surface area contributed by atoms with E-state index in [-0.39, 0.29) is 59.7 Å². The molecule has 1 aliphatic carbocycles. The van der Waals surface area contributed by atoms with E-state index in [4.69, 9.17) is 25.0 Å². The van der Waals surface area contributed by atoms with Crippen molar-refractivity contribution in [2.24, 2.45) is 29.6 Å². The largest absolute Gasteiger partial charge is 2.00 e. The second-order valence-electron chi connectivity index (χ2n) is 17.1. The number of esters is 1. The third kappa shape index (κ3) is 9.54. The molecular weight excluding hydrogens is 749 g/mol. The molecule has 0 saturated carbocycles. The predicted octanol–water partition coefficient (Wildman–Crippen LogP) is 6.38. The average molecular weight is 809 g/mol. The number of fused-ring (bicyclic) bond motifs is 8. The van der Waals surface area contributed by atoms with Gasteiger partial charge in [0.1, 0.15) is 12.9 Å². The second kappa shape index (κ2) is 19.9. The normalized spacial score (nSPS) is 22.5. The standard InChI is InChI=1S/C49H60N4O5.Mg/c1-10-33-30(7)38-22-39-31(8)35(18-19-44(56)58-21-20-29(6)17-13-16-28(5)15-12-14-27(3)4)47(52-39)46-37(26-55)49(57)45-32(9)40(53-48(45)46)23-42-34(11-2)36(25-54)43(51-42)24-41(33)50-38;/h10,20,22-28,31,35,37,47H,1,11-19,21H2,2-9H3,(H,54,57);/q-4;+2/b29-20+,39-22-,43-24-;/t28-,31+,35+,37-,47?;/m1./s1. The molecule has 9 nitrogen and oxygen atoms in total. The van der Waals surface area contributed by atoms with Crippen LogP contribution in [-0.4, -0.2) is 58.8 Å². The quantitative estimate of drug-likeness (QED) is 0.0579. The molecule has 5 atom stereocenters. The summed E-state index contributed by atoms with van der Waals surface area (Å²) in [6, 6.07) is -0.565. The van der Waals surface area contributed by atoms with Gasteiger partial charge in [0, 0.05) is 12.0 Å². The maximum Gasteiger partial charge on any atom is 2.00 e. The van der Waals surface area contributed by atoms with Crippen molar-refractivity contribution < 1.29 is 24.2 Å². The maximum atomic E-state index is 14.0. The van der Waals surface area contributed by atoms with E-state index in [9.17, 15) is 19.5 Å². The van der Waals surface area contributed by atoms with E-state index in [0.29, 0.717) is 74.2 Å². The minimum atomic E-state index is -1.02. The van der Waals surface area contributed by atoms with Crippen LogP contribution in [0.5, 0.6) is 0 Å². The van der Waals surface area contributed by atoms with Crippen LogP contribution < -0.4 is 36.2 Å². The number of carbonyl (C=O) groups is 3. The van der Waals surface area contributed by atoms with Gasteiger partial charge in [-0.25, -0.2) is 0 Å². The molecule has 0 spiro atoms. The molecule has 0 aromatic carbocycles. The third-order valence-corrected chi connectivity index (χ3v) is 12.7. The van der Waals surface area contributed by atoms with Gasteiger partial charge < -0.3 is 34.9 Å². The molecule has 2 aliphatic heterocycles. The fourth-order valence-corrected chi connectivity index (χ4v) is 9.15. The van der Waals surface area contributed by atoms with Gasteiger partial charge in [-0.2, -0.15) is 5.70 Å². The Balaban J connectivity index is 0.00000661. The van der Waals surface area contributed by atoms with Crippen molar-refractivity contribution in [1.29, 1.82) is 0 Å². The summed E-state index contributed by atoms with van der Waals surface area (Å²) in [4.78, 5) is 55.1. The van der Waals surface area contributed by atoms with Crippen molar-refractivity contribution >= 4 is 77.2 Å². The summed E-state index contributed by atoms with van der Waals surface area (Å²) in [5.41, 5.74) is 8.31. The van der Waals surface area contributed by atoms with Gasteiger partial charge in [0.15, 0.2) is 5.78 Å². The van der Waals surface area contributed by atoms with Gasteiger partial charge in [0.2, 0.25) is 0 Å². The molecule has 10 heteroatoms. The van der Waals surface area contributed by atoms with Gasteiger partial charge in [0.05, 0.1) is 12.2 Å². The van der Waals surface area contributed by atoms with E-state index in [1.165, 1.54) is 31.3 Å². The Morgan fingerprint density at radius 3 is 2.37 bits per heavy atom. The number of Topliss-reactive ketones (excluding diaryl/α,β-unsaturated/α-hetero) is 1. The topological polar surface area (TPSA) is 137 Å². The van der Waals surface area contributed by atoms with Crippen LogP contribution >= 0.6 is 0 Å². The fraction of sp³-hybridized carbons (Fsp3) is 0.490. The molecule has 8 bridgehead atoms. The molecule has 3 aromatic heterocycles. The molecule has 0 radical (unpaired) electrons. The van der Waals surface area contributed by atoms with Crippen LogP contribution in [0.3, 0.4) is 0 Å². The summed E-state index contributed by atoms with van der Waals surface area (Å²) >= 11 is 0. The molecule has 59 heavy (non-hydrogen) atoms. The van der Waals surface area contributed by atoms with Gasteiger partial charge in [0.25, 0.3) is 0 Å². The molecule has 3 aromatic rings. The number of ether oxygens (including phenoxy) is 1. The van der Waals surface area contributed by atoms with E-state index in [2.05, 4.69) is 41.2 Å². The Hall–Kier alpha value is -4.28. The SMILES string of the molecule is C=Cc1c2[n-]c(c1C)/C=C1\[N-]C(C3=c4[n-]/c(c(C)c4C(=O)[C@@H]3C=O)=C\c3[n-]c(/c(=C\O)c3CC)=C\2)[C@@H](CCC(=O)OC/C=C(\C)CCC[C@H](C)CCCC(C)C)[C@@H]1C.[Mg+2]. The number of rotatable bonds is 16. The van der Waals surface area contributed by atoms with Crippen LogP contribution in [0, 0.1) is 43.4 Å². The number of aliphatic hydroxyl groups is 1. The Bertz CT molecular complexity index is 2390. The predicted molar refractivity (Wildman–Crippen MR) is 237 cm³/mol. The maximum absolute atomic E-state index is 14.0. The minimum absolute atomic E-state index is 0. The summed E-state index contributed by atoms with van der Waals surface area (Å²) in [7, 11) is 0. The van der Waals surface area contributed by atoms with Crippen molar-refractivity contribution in [3.63, 3.8) is 0 Å². The molecule has 0 amide bonds. The summed E-state index contributed by atoms with van der Waals surface area (Å²) in [6.07, 6.45) is 19.7. The zero-order valence-electron chi connectivity index (χ0n) is 36.4. The van der Waals surface area contributed by atoms with Gasteiger partial charge in [-0.15, -0.1) is 33.1 Å². The van der Waals surface area contributed by atoms with E-state index >= 15 is 0 Å². The van der Waals surface area contributed by atoms with E-state index in [0.717, 1.165) is 53.3 Å². The minimum Gasteiger partial charge on any atom is -0.681 e. The number of carbonyl (C=O) groups excluding carboxylic acids is 3. The van der Waals surface area contributed by atoms with Crippen molar-refractivity contribution in [1.82, 2.24) is 15.0 Å². The smallest absolute Gasteiger partial charge is 0.681 e. The van der Waals surface area contributed by atoms with Crippen molar-refractivity contribution in [3.8, 4) is 0 Å². The van der Waals surface area contributed by atoms with Crippen molar-refractivity contribution in [2.75, 3.05) is 6.61 Å². The monoisotopic (exact) mass is 808 g/mol. The number of hydrogen-bond acceptors (Lipinski definition) is 5. The van der Waals surface area contributed by atoms with Gasteiger partial charge in [-0.05, 0) is 87.0 Å². The molecule has 1 N–H and O–H groups in total. The summed E-state index contributed by atoms with van der Waals surface area (Å²) in [5, 5.41) is 17.9. The fourth-order valence-electron chi connectivity index (χ4n) is 9.15. The third-order valence-electron chi connectivity index (χ3n) is 12.7. The van der Waals surface area contributed by atoms with Crippen LogP contribution in [0.15, 0.2) is 23.9 Å². The van der Waals surface area contributed by atoms with Crippen molar-refractivity contribution in [2.45, 2.75) is 119 Å². The number of allylic oxidation sites excluding steroid dienone is 2.